The van der Waals surface area contributed by atoms with Gasteiger partial charge in [-0.3, -0.25) is 4.79 Å². The number of amides is 1. The number of hydrogen-bond donors (Lipinski definition) is 1. The van der Waals surface area contributed by atoms with Gasteiger partial charge in [0.15, 0.2) is 0 Å². The number of rotatable bonds is 2. The molecule has 92 valence electrons. The molecular formula is C12H16FN3O. The van der Waals surface area contributed by atoms with Gasteiger partial charge in [0.05, 0.1) is 0 Å². The van der Waals surface area contributed by atoms with Crippen LogP contribution in [-0.4, -0.2) is 30.5 Å². The van der Waals surface area contributed by atoms with Gasteiger partial charge in [0.2, 0.25) is 11.9 Å². The van der Waals surface area contributed by atoms with Gasteiger partial charge in [-0.05, 0) is 31.4 Å². The number of piperidine rings is 1. The maximum absolute atomic E-state index is 13.1. The molecule has 0 aromatic carbocycles. The SMILES string of the molecule is CNC(=O)C1CCCCN1c1cccc(F)n1. The average molecular weight is 237 g/mol. The molecule has 1 amide bonds. The molecule has 5 heteroatoms. The molecule has 1 aliphatic rings. The van der Waals surface area contributed by atoms with E-state index < -0.39 is 5.95 Å². The number of carbonyl (C=O) groups excluding carboxylic acids is 1. The maximum Gasteiger partial charge on any atom is 0.242 e. The Morgan fingerprint density at radius 3 is 3.06 bits per heavy atom. The summed E-state index contributed by atoms with van der Waals surface area (Å²) in [5, 5.41) is 2.65. The van der Waals surface area contributed by atoms with Gasteiger partial charge in [-0.25, -0.2) is 4.98 Å². The summed E-state index contributed by atoms with van der Waals surface area (Å²) in [5.74, 6) is -0.00205. The van der Waals surface area contributed by atoms with Crippen molar-refractivity contribution in [2.24, 2.45) is 0 Å². The number of nitrogens with one attached hydrogen (secondary N) is 1. The fourth-order valence-corrected chi connectivity index (χ4v) is 2.20. The van der Waals surface area contributed by atoms with Gasteiger partial charge in [-0.2, -0.15) is 4.39 Å². The van der Waals surface area contributed by atoms with Crippen molar-refractivity contribution in [2.75, 3.05) is 18.5 Å². The molecule has 1 unspecified atom stereocenters. The van der Waals surface area contributed by atoms with Crippen molar-refractivity contribution in [1.82, 2.24) is 10.3 Å². The standard InChI is InChI=1S/C12H16FN3O/c1-14-12(17)9-5-2-3-8-16(9)11-7-4-6-10(13)15-11/h4,6-7,9H,2-3,5,8H2,1H3,(H,14,17). The fourth-order valence-electron chi connectivity index (χ4n) is 2.20. The van der Waals surface area contributed by atoms with Crippen LogP contribution in [0.25, 0.3) is 0 Å². The molecule has 1 fully saturated rings. The lowest BCUT2D eigenvalue weighted by molar-refractivity contribution is -0.122. The zero-order chi connectivity index (χ0) is 12.3. The van der Waals surface area contributed by atoms with Gasteiger partial charge >= 0.3 is 0 Å². The molecule has 0 aliphatic carbocycles. The van der Waals surface area contributed by atoms with Crippen LogP contribution in [0.15, 0.2) is 18.2 Å². The molecule has 4 nitrogen and oxygen atoms in total. The Morgan fingerprint density at radius 2 is 2.35 bits per heavy atom. The Bertz CT molecular complexity index is 410. The van der Waals surface area contributed by atoms with E-state index in [9.17, 15) is 9.18 Å². The quantitative estimate of drug-likeness (QED) is 0.789. The van der Waals surface area contributed by atoms with Crippen LogP contribution in [0.2, 0.25) is 0 Å². The number of pyridine rings is 1. The smallest absolute Gasteiger partial charge is 0.242 e. The van der Waals surface area contributed by atoms with E-state index in [0.717, 1.165) is 25.8 Å². The summed E-state index contributed by atoms with van der Waals surface area (Å²) in [4.78, 5) is 17.5. The first-order valence-electron chi connectivity index (χ1n) is 5.83. The third-order valence-electron chi connectivity index (χ3n) is 3.05. The molecule has 1 aromatic heterocycles. The van der Waals surface area contributed by atoms with E-state index >= 15 is 0 Å². The van der Waals surface area contributed by atoms with Crippen LogP contribution >= 0.6 is 0 Å². The van der Waals surface area contributed by atoms with E-state index in [-0.39, 0.29) is 11.9 Å². The van der Waals surface area contributed by atoms with Crippen LogP contribution in [0.1, 0.15) is 19.3 Å². The lowest BCUT2D eigenvalue weighted by Crippen LogP contribution is -2.49. The van der Waals surface area contributed by atoms with Gasteiger partial charge in [-0.15, -0.1) is 0 Å². The van der Waals surface area contributed by atoms with Crippen molar-refractivity contribution < 1.29 is 9.18 Å². The summed E-state index contributed by atoms with van der Waals surface area (Å²) in [5.41, 5.74) is 0. The number of likely N-dealkylation sites (N-methyl/N-ethyl adjacent to an activating group) is 1. The van der Waals surface area contributed by atoms with Crippen LogP contribution in [0.5, 0.6) is 0 Å². The molecule has 0 bridgehead atoms. The molecule has 2 heterocycles. The number of halogens is 1. The van der Waals surface area contributed by atoms with Gasteiger partial charge in [0.1, 0.15) is 11.9 Å². The van der Waals surface area contributed by atoms with Crippen LogP contribution < -0.4 is 10.2 Å². The Labute approximate surface area is 99.8 Å². The molecule has 2 rings (SSSR count). The third kappa shape index (κ3) is 2.54. The van der Waals surface area contributed by atoms with Gasteiger partial charge in [0.25, 0.3) is 0 Å². The zero-order valence-electron chi connectivity index (χ0n) is 9.82. The molecule has 1 aromatic rings. The highest BCUT2D eigenvalue weighted by Gasteiger charge is 2.28. The first-order chi connectivity index (χ1) is 8.22. The van der Waals surface area contributed by atoms with E-state index in [1.165, 1.54) is 6.07 Å². The van der Waals surface area contributed by atoms with Crippen molar-refractivity contribution in [3.63, 3.8) is 0 Å². The fraction of sp³-hybridized carbons (Fsp3) is 0.500. The largest absolute Gasteiger partial charge is 0.357 e. The number of anilines is 1. The zero-order valence-corrected chi connectivity index (χ0v) is 9.82. The Hall–Kier alpha value is -1.65. The Balaban J connectivity index is 2.24. The second kappa shape index (κ2) is 5.12. The average Bonchev–Trinajstić information content (AvgIpc) is 2.38. The Kier molecular flexibility index (Phi) is 3.56. The maximum atomic E-state index is 13.1. The number of nitrogens with zero attached hydrogens (tertiary/aromatic N) is 2. The minimum atomic E-state index is -0.510. The van der Waals surface area contributed by atoms with E-state index in [0.29, 0.717) is 5.82 Å². The summed E-state index contributed by atoms with van der Waals surface area (Å²) in [7, 11) is 1.62. The van der Waals surface area contributed by atoms with Crippen LogP contribution in [0, 0.1) is 5.95 Å². The van der Waals surface area contributed by atoms with E-state index in [1.807, 2.05) is 4.90 Å². The molecular weight excluding hydrogens is 221 g/mol. The van der Waals surface area contributed by atoms with Gasteiger partial charge in [0, 0.05) is 13.6 Å². The first-order valence-corrected chi connectivity index (χ1v) is 5.83. The topological polar surface area (TPSA) is 45.2 Å². The number of hydrogen-bond acceptors (Lipinski definition) is 3. The summed E-state index contributed by atoms with van der Waals surface area (Å²) < 4.78 is 13.1. The normalized spacial score (nSPS) is 20.1. The lowest BCUT2D eigenvalue weighted by Gasteiger charge is -2.35. The van der Waals surface area contributed by atoms with Crippen molar-refractivity contribution in [1.29, 1.82) is 0 Å². The predicted molar refractivity (Wildman–Crippen MR) is 63.2 cm³/mol. The molecule has 1 N–H and O–H groups in total. The van der Waals surface area contributed by atoms with Crippen molar-refractivity contribution in [3.05, 3.63) is 24.1 Å². The molecule has 1 aliphatic heterocycles. The Morgan fingerprint density at radius 1 is 1.53 bits per heavy atom. The second-order valence-corrected chi connectivity index (χ2v) is 4.14. The number of carbonyl (C=O) groups is 1. The molecule has 17 heavy (non-hydrogen) atoms. The summed E-state index contributed by atoms with van der Waals surface area (Å²) in [6, 6.07) is 4.43. The second-order valence-electron chi connectivity index (χ2n) is 4.14. The highest BCUT2D eigenvalue weighted by Crippen LogP contribution is 2.23. The molecule has 0 saturated carbocycles. The first kappa shape index (κ1) is 11.8. The van der Waals surface area contributed by atoms with Crippen molar-refractivity contribution >= 4 is 11.7 Å². The molecule has 0 spiro atoms. The van der Waals surface area contributed by atoms with Crippen LogP contribution in [-0.2, 0) is 4.79 Å². The van der Waals surface area contributed by atoms with Crippen LogP contribution in [0.3, 0.4) is 0 Å². The van der Waals surface area contributed by atoms with Crippen molar-refractivity contribution in [2.45, 2.75) is 25.3 Å². The summed E-state index contributed by atoms with van der Waals surface area (Å²) in [6.07, 6.45) is 2.81. The predicted octanol–water partition coefficient (Wildman–Crippen LogP) is 1.33. The van der Waals surface area contributed by atoms with E-state index in [2.05, 4.69) is 10.3 Å². The lowest BCUT2D eigenvalue weighted by atomic mass is 10.0. The van der Waals surface area contributed by atoms with Gasteiger partial charge in [-0.1, -0.05) is 6.07 Å². The van der Waals surface area contributed by atoms with E-state index in [1.54, 1.807) is 19.2 Å². The van der Waals surface area contributed by atoms with Crippen LogP contribution in [0.4, 0.5) is 10.2 Å². The minimum absolute atomic E-state index is 0.0317. The monoisotopic (exact) mass is 237 g/mol. The molecule has 1 saturated heterocycles. The molecule has 0 radical (unpaired) electrons. The van der Waals surface area contributed by atoms with E-state index in [4.69, 9.17) is 0 Å². The minimum Gasteiger partial charge on any atom is -0.357 e. The summed E-state index contributed by atoms with van der Waals surface area (Å²) in [6.45, 7) is 0.745. The third-order valence-corrected chi connectivity index (χ3v) is 3.05. The molecule has 1 atom stereocenters. The van der Waals surface area contributed by atoms with Gasteiger partial charge < -0.3 is 10.2 Å². The summed E-state index contributed by atoms with van der Waals surface area (Å²) >= 11 is 0. The highest BCUT2D eigenvalue weighted by atomic mass is 19.1. The number of aromatic nitrogens is 1. The highest BCUT2D eigenvalue weighted by molar-refractivity contribution is 5.84. The van der Waals surface area contributed by atoms with Crippen molar-refractivity contribution in [3.8, 4) is 0 Å².